The van der Waals surface area contributed by atoms with Crippen LogP contribution in [0.4, 0.5) is 0 Å². The molecule has 1 heterocycles. The minimum atomic E-state index is 0.244. The summed E-state index contributed by atoms with van der Waals surface area (Å²) in [5.74, 6) is 0. The van der Waals surface area contributed by atoms with Crippen molar-refractivity contribution in [2.24, 2.45) is 5.73 Å². The normalized spacial score (nSPS) is 11.3. The van der Waals surface area contributed by atoms with Crippen molar-refractivity contribution in [2.75, 3.05) is 13.2 Å². The Balaban J connectivity index is 2.60. The zero-order valence-electron chi connectivity index (χ0n) is 11.2. The van der Waals surface area contributed by atoms with Gasteiger partial charge in [-0.2, -0.15) is 0 Å². The number of aliphatic hydroxyl groups excluding tert-OH is 1. The fourth-order valence-electron chi connectivity index (χ4n) is 2.66. The van der Waals surface area contributed by atoms with Gasteiger partial charge in [-0.05, 0) is 43.4 Å². The SMILES string of the molecule is Cc1ccc(C)c2c1c(CCCO)cn2CCN. The van der Waals surface area contributed by atoms with E-state index in [0.717, 1.165) is 19.4 Å². The lowest BCUT2D eigenvalue weighted by Crippen LogP contribution is -2.09. The topological polar surface area (TPSA) is 51.2 Å². The molecule has 18 heavy (non-hydrogen) atoms. The Hall–Kier alpha value is -1.32. The van der Waals surface area contributed by atoms with E-state index in [9.17, 15) is 0 Å². The van der Waals surface area contributed by atoms with Crippen LogP contribution < -0.4 is 5.73 Å². The Morgan fingerprint density at radius 2 is 1.94 bits per heavy atom. The molecule has 0 bridgehead atoms. The molecule has 0 unspecified atom stereocenters. The summed E-state index contributed by atoms with van der Waals surface area (Å²) >= 11 is 0. The highest BCUT2D eigenvalue weighted by atomic mass is 16.2. The number of benzene rings is 1. The van der Waals surface area contributed by atoms with Gasteiger partial charge in [-0.1, -0.05) is 12.1 Å². The largest absolute Gasteiger partial charge is 0.396 e. The van der Waals surface area contributed by atoms with E-state index in [4.69, 9.17) is 10.8 Å². The van der Waals surface area contributed by atoms with Crippen molar-refractivity contribution in [2.45, 2.75) is 33.2 Å². The fourth-order valence-corrected chi connectivity index (χ4v) is 2.66. The summed E-state index contributed by atoms with van der Waals surface area (Å²) in [5, 5.41) is 10.4. The Bertz CT molecular complexity index is 543. The lowest BCUT2D eigenvalue weighted by Gasteiger charge is -2.07. The van der Waals surface area contributed by atoms with Crippen molar-refractivity contribution in [3.63, 3.8) is 0 Å². The van der Waals surface area contributed by atoms with Gasteiger partial charge >= 0.3 is 0 Å². The van der Waals surface area contributed by atoms with E-state index in [0.29, 0.717) is 6.54 Å². The number of aryl methyl sites for hydroxylation is 3. The predicted octanol–water partition coefficient (Wildman–Crippen LogP) is 2.14. The lowest BCUT2D eigenvalue weighted by atomic mass is 10.0. The summed E-state index contributed by atoms with van der Waals surface area (Å²) < 4.78 is 2.25. The number of nitrogens with zero attached hydrogens (tertiary/aromatic N) is 1. The Morgan fingerprint density at radius 3 is 2.61 bits per heavy atom. The maximum Gasteiger partial charge on any atom is 0.0515 e. The highest BCUT2D eigenvalue weighted by molar-refractivity contribution is 5.89. The van der Waals surface area contributed by atoms with E-state index >= 15 is 0 Å². The molecule has 0 aliphatic carbocycles. The third kappa shape index (κ3) is 2.28. The highest BCUT2D eigenvalue weighted by Crippen LogP contribution is 2.28. The predicted molar refractivity (Wildman–Crippen MR) is 75.9 cm³/mol. The van der Waals surface area contributed by atoms with Crippen molar-refractivity contribution in [3.8, 4) is 0 Å². The number of nitrogens with two attached hydrogens (primary N) is 1. The molecule has 0 radical (unpaired) electrons. The summed E-state index contributed by atoms with van der Waals surface area (Å²) in [4.78, 5) is 0. The van der Waals surface area contributed by atoms with Crippen LogP contribution in [0.5, 0.6) is 0 Å². The minimum Gasteiger partial charge on any atom is -0.396 e. The first kappa shape index (κ1) is 13.1. The molecule has 0 aliphatic heterocycles. The van der Waals surface area contributed by atoms with Gasteiger partial charge in [0.25, 0.3) is 0 Å². The van der Waals surface area contributed by atoms with Gasteiger partial charge in [0.05, 0.1) is 5.52 Å². The van der Waals surface area contributed by atoms with Crippen molar-refractivity contribution in [1.82, 2.24) is 4.57 Å². The summed E-state index contributed by atoms with van der Waals surface area (Å²) in [6.45, 7) is 6.03. The van der Waals surface area contributed by atoms with Crippen LogP contribution in [0.3, 0.4) is 0 Å². The molecule has 2 aromatic rings. The van der Waals surface area contributed by atoms with Crippen LogP contribution in [-0.2, 0) is 13.0 Å². The van der Waals surface area contributed by atoms with Gasteiger partial charge < -0.3 is 15.4 Å². The molecule has 1 aromatic heterocycles. The second-order valence-electron chi connectivity index (χ2n) is 4.89. The Morgan fingerprint density at radius 1 is 1.22 bits per heavy atom. The summed E-state index contributed by atoms with van der Waals surface area (Å²) in [6, 6.07) is 4.34. The van der Waals surface area contributed by atoms with Gasteiger partial charge in [-0.3, -0.25) is 0 Å². The molecule has 0 amide bonds. The van der Waals surface area contributed by atoms with Gasteiger partial charge in [0.1, 0.15) is 0 Å². The molecular weight excluding hydrogens is 224 g/mol. The zero-order chi connectivity index (χ0) is 13.1. The zero-order valence-corrected chi connectivity index (χ0v) is 11.2. The van der Waals surface area contributed by atoms with E-state index < -0.39 is 0 Å². The van der Waals surface area contributed by atoms with Crippen LogP contribution in [0.2, 0.25) is 0 Å². The molecular formula is C15H22N2O. The molecule has 0 saturated carbocycles. The van der Waals surface area contributed by atoms with Crippen molar-refractivity contribution in [1.29, 1.82) is 0 Å². The Labute approximate surface area is 108 Å². The molecule has 3 heteroatoms. The average Bonchev–Trinajstić information content (AvgIpc) is 2.72. The number of rotatable bonds is 5. The molecule has 1 aromatic carbocycles. The number of hydrogen-bond donors (Lipinski definition) is 2. The Kier molecular flexibility index (Phi) is 4.04. The summed E-state index contributed by atoms with van der Waals surface area (Å²) in [6.07, 6.45) is 3.94. The molecule has 98 valence electrons. The second-order valence-corrected chi connectivity index (χ2v) is 4.89. The number of fused-ring (bicyclic) bond motifs is 1. The second kappa shape index (κ2) is 5.55. The third-order valence-electron chi connectivity index (χ3n) is 3.48. The molecule has 0 spiro atoms. The van der Waals surface area contributed by atoms with Crippen LogP contribution in [0.15, 0.2) is 18.3 Å². The molecule has 0 aliphatic rings. The first-order valence-corrected chi connectivity index (χ1v) is 6.58. The van der Waals surface area contributed by atoms with Crippen LogP contribution in [0.1, 0.15) is 23.1 Å². The van der Waals surface area contributed by atoms with Gasteiger partial charge in [0.2, 0.25) is 0 Å². The van der Waals surface area contributed by atoms with Crippen molar-refractivity contribution >= 4 is 10.9 Å². The monoisotopic (exact) mass is 246 g/mol. The summed E-state index contributed by atoms with van der Waals surface area (Å²) in [7, 11) is 0. The van der Waals surface area contributed by atoms with E-state index in [-0.39, 0.29) is 6.61 Å². The van der Waals surface area contributed by atoms with Gasteiger partial charge in [-0.15, -0.1) is 0 Å². The highest BCUT2D eigenvalue weighted by Gasteiger charge is 2.12. The standard InChI is InChI=1S/C15H22N2O/c1-11-5-6-12(2)15-14(11)13(4-3-9-18)10-17(15)8-7-16/h5-6,10,18H,3-4,7-9,16H2,1-2H3. The molecule has 0 saturated heterocycles. The van der Waals surface area contributed by atoms with Gasteiger partial charge in [0, 0.05) is 31.3 Å². The average molecular weight is 246 g/mol. The maximum absolute atomic E-state index is 9.01. The summed E-state index contributed by atoms with van der Waals surface area (Å²) in [5.41, 5.74) is 10.9. The van der Waals surface area contributed by atoms with Crippen molar-refractivity contribution < 1.29 is 5.11 Å². The van der Waals surface area contributed by atoms with Gasteiger partial charge in [0.15, 0.2) is 0 Å². The quantitative estimate of drug-likeness (QED) is 0.849. The fraction of sp³-hybridized carbons (Fsp3) is 0.467. The van der Waals surface area contributed by atoms with E-state index in [1.165, 1.54) is 27.6 Å². The smallest absolute Gasteiger partial charge is 0.0515 e. The number of aromatic nitrogens is 1. The lowest BCUT2D eigenvalue weighted by molar-refractivity contribution is 0.288. The van der Waals surface area contributed by atoms with Crippen LogP contribution >= 0.6 is 0 Å². The maximum atomic E-state index is 9.01. The van der Waals surface area contributed by atoms with Crippen LogP contribution in [0, 0.1) is 13.8 Å². The molecule has 0 atom stereocenters. The first-order valence-electron chi connectivity index (χ1n) is 6.58. The number of aliphatic hydroxyl groups is 1. The van der Waals surface area contributed by atoms with Crippen LogP contribution in [0.25, 0.3) is 10.9 Å². The first-order chi connectivity index (χ1) is 8.69. The minimum absolute atomic E-state index is 0.244. The van der Waals surface area contributed by atoms with Gasteiger partial charge in [-0.25, -0.2) is 0 Å². The van der Waals surface area contributed by atoms with Crippen molar-refractivity contribution in [3.05, 3.63) is 35.0 Å². The van der Waals surface area contributed by atoms with E-state index in [1.54, 1.807) is 0 Å². The molecule has 2 rings (SSSR count). The molecule has 0 fully saturated rings. The molecule has 3 nitrogen and oxygen atoms in total. The third-order valence-corrected chi connectivity index (χ3v) is 3.48. The molecule has 3 N–H and O–H groups in total. The van der Waals surface area contributed by atoms with E-state index in [1.807, 2.05) is 0 Å². The van der Waals surface area contributed by atoms with Crippen LogP contribution in [-0.4, -0.2) is 22.8 Å². The number of hydrogen-bond acceptors (Lipinski definition) is 2. The van der Waals surface area contributed by atoms with E-state index in [2.05, 4.69) is 36.7 Å².